The fourth-order valence-electron chi connectivity index (χ4n) is 6.22. The summed E-state index contributed by atoms with van der Waals surface area (Å²) in [6, 6.07) is 12.3. The average Bonchev–Trinajstić information content (AvgIpc) is 3.26. The van der Waals surface area contributed by atoms with Crippen molar-refractivity contribution in [3.8, 4) is 11.4 Å². The molecular weight excluding hydrogens is 572 g/mol. The molecule has 0 amide bonds. The molecule has 2 aromatic carbocycles. The molecule has 0 aliphatic rings. The molecule has 3 aromatic rings. The molecule has 1 heterocycles. The third-order valence-corrected chi connectivity index (χ3v) is 9.98. The standard InChI is InChI=1S/C33H48BF3N2O3S/c1-12-34(13-2,42-43(40,41)33(35,36)37)30-20-38(31-26(21(3)4)16-14-17-27(31)22(5)6)25(11)39(30)32-28(23(7)8)18-15-19-29(32)24(9)10/h14-24H,12-13H2,1-11H3. The fraction of sp³-hybridized carbons (Fsp3) is 0.545. The van der Waals surface area contributed by atoms with Crippen LogP contribution in [0.2, 0.25) is 12.6 Å². The van der Waals surface area contributed by atoms with Gasteiger partial charge in [0.2, 0.25) is 6.35 Å². The number of hydrogen-bond acceptors (Lipinski definition) is 3. The zero-order valence-electron chi connectivity index (χ0n) is 27.5. The van der Waals surface area contributed by atoms with E-state index in [9.17, 15) is 21.6 Å². The summed E-state index contributed by atoms with van der Waals surface area (Å²) in [6.45, 7) is 22.2. The van der Waals surface area contributed by atoms with Gasteiger partial charge in [-0.1, -0.05) is 106 Å². The number of halogens is 3. The van der Waals surface area contributed by atoms with Crippen LogP contribution in [0.25, 0.3) is 11.4 Å². The molecule has 5 nitrogen and oxygen atoms in total. The second kappa shape index (κ2) is 12.8. The normalized spacial score (nSPS) is 13.3. The second-order valence-corrected chi connectivity index (χ2v) is 14.5. The Morgan fingerprint density at radius 2 is 1.19 bits per heavy atom. The van der Waals surface area contributed by atoms with E-state index in [1.807, 2.05) is 46.5 Å². The molecule has 0 saturated carbocycles. The van der Waals surface area contributed by atoms with Crippen LogP contribution in [-0.2, 0) is 14.2 Å². The van der Waals surface area contributed by atoms with Crippen LogP contribution < -0.4 is 10.2 Å². The smallest absolute Gasteiger partial charge is 0.471 e. The summed E-state index contributed by atoms with van der Waals surface area (Å²) in [5, 5.41) is 0. The van der Waals surface area contributed by atoms with Gasteiger partial charge in [0.25, 0.3) is 5.82 Å². The summed E-state index contributed by atoms with van der Waals surface area (Å²) < 4.78 is 76.2. The van der Waals surface area contributed by atoms with E-state index < -0.39 is 22.0 Å². The van der Waals surface area contributed by atoms with Gasteiger partial charge in [0.15, 0.2) is 0 Å². The van der Waals surface area contributed by atoms with Crippen LogP contribution in [0.3, 0.4) is 0 Å². The van der Waals surface area contributed by atoms with Crippen LogP contribution in [0.15, 0.2) is 42.6 Å². The quantitative estimate of drug-likeness (QED) is 0.123. The van der Waals surface area contributed by atoms with Crippen molar-refractivity contribution in [2.75, 3.05) is 0 Å². The Labute approximate surface area is 256 Å². The molecule has 0 saturated heterocycles. The highest BCUT2D eigenvalue weighted by molar-refractivity contribution is 7.88. The van der Waals surface area contributed by atoms with Gasteiger partial charge >= 0.3 is 15.6 Å². The summed E-state index contributed by atoms with van der Waals surface area (Å²) in [7, 11) is -5.89. The lowest BCUT2D eigenvalue weighted by Gasteiger charge is -2.36. The maximum absolute atomic E-state index is 13.8. The molecule has 43 heavy (non-hydrogen) atoms. The van der Waals surface area contributed by atoms with Crippen molar-refractivity contribution < 1.29 is 30.3 Å². The molecule has 0 spiro atoms. The zero-order valence-corrected chi connectivity index (χ0v) is 28.3. The molecule has 0 aliphatic carbocycles. The number of imidazole rings is 1. The van der Waals surface area contributed by atoms with Gasteiger partial charge in [-0.3, -0.25) is 0 Å². The van der Waals surface area contributed by atoms with Crippen molar-refractivity contribution in [2.45, 2.75) is 118 Å². The van der Waals surface area contributed by atoms with Gasteiger partial charge in [0, 0.05) is 34.8 Å². The Hall–Kier alpha value is -2.59. The van der Waals surface area contributed by atoms with Crippen molar-refractivity contribution in [1.29, 1.82) is 0 Å². The zero-order chi connectivity index (χ0) is 32.7. The van der Waals surface area contributed by atoms with Gasteiger partial charge in [-0.15, -0.1) is 12.6 Å². The number of hydrogen-bond donors (Lipinski definition) is 0. The Morgan fingerprint density at radius 1 is 0.791 bits per heavy atom. The highest BCUT2D eigenvalue weighted by Crippen LogP contribution is 2.36. The highest BCUT2D eigenvalue weighted by Gasteiger charge is 2.50. The van der Waals surface area contributed by atoms with E-state index >= 15 is 0 Å². The Kier molecular flexibility index (Phi) is 10.4. The molecule has 0 N–H and O–H groups in total. The highest BCUT2D eigenvalue weighted by atomic mass is 32.2. The van der Waals surface area contributed by atoms with E-state index in [2.05, 4.69) is 67.5 Å². The predicted octanol–water partition coefficient (Wildman–Crippen LogP) is 8.61. The van der Waals surface area contributed by atoms with E-state index in [1.54, 1.807) is 13.8 Å². The third kappa shape index (κ3) is 6.46. The Bertz CT molecular complexity index is 1500. The van der Waals surface area contributed by atoms with Gasteiger partial charge < -0.3 is 4.10 Å². The van der Waals surface area contributed by atoms with Crippen molar-refractivity contribution in [2.24, 2.45) is 0 Å². The summed E-state index contributed by atoms with van der Waals surface area (Å²) in [5.74, 6) is 1.28. The van der Waals surface area contributed by atoms with Crippen LogP contribution in [0.5, 0.6) is 0 Å². The summed E-state index contributed by atoms with van der Waals surface area (Å²) in [4.78, 5) is 0. The lowest BCUT2D eigenvalue weighted by atomic mass is 9.34. The molecule has 0 unspecified atom stereocenters. The van der Waals surface area contributed by atoms with Gasteiger partial charge in [-0.25, -0.2) is 9.13 Å². The van der Waals surface area contributed by atoms with Crippen molar-refractivity contribution in [1.82, 2.24) is 4.57 Å². The molecule has 0 atom stereocenters. The number of benzene rings is 2. The monoisotopic (exact) mass is 620 g/mol. The van der Waals surface area contributed by atoms with Crippen LogP contribution in [0.4, 0.5) is 13.2 Å². The predicted molar refractivity (Wildman–Crippen MR) is 171 cm³/mol. The first-order valence-electron chi connectivity index (χ1n) is 15.5. The van der Waals surface area contributed by atoms with Gasteiger partial charge in [-0.2, -0.15) is 21.6 Å². The van der Waals surface area contributed by atoms with Crippen molar-refractivity contribution in [3.05, 3.63) is 70.7 Å². The van der Waals surface area contributed by atoms with Crippen molar-refractivity contribution >= 4 is 22.1 Å². The Morgan fingerprint density at radius 3 is 1.53 bits per heavy atom. The van der Waals surface area contributed by atoms with Crippen molar-refractivity contribution in [3.63, 3.8) is 0 Å². The number of nitrogens with zero attached hydrogens (tertiary/aromatic N) is 2. The summed E-state index contributed by atoms with van der Waals surface area (Å²) in [6.07, 6.45) is -0.721. The van der Waals surface area contributed by atoms with E-state index in [0.29, 0.717) is 5.59 Å². The lowest BCUT2D eigenvalue weighted by Crippen LogP contribution is -2.56. The average molecular weight is 621 g/mol. The molecule has 0 fully saturated rings. The lowest BCUT2D eigenvalue weighted by molar-refractivity contribution is -0.602. The number of aromatic nitrogens is 2. The van der Waals surface area contributed by atoms with Gasteiger partial charge in [-0.05, 0) is 23.7 Å². The van der Waals surface area contributed by atoms with Crippen LogP contribution in [-0.4, -0.2) is 24.8 Å². The summed E-state index contributed by atoms with van der Waals surface area (Å²) in [5.41, 5.74) is 0.963. The number of rotatable bonds is 11. The maximum atomic E-state index is 13.8. The molecule has 1 aromatic heterocycles. The molecule has 238 valence electrons. The van der Waals surface area contributed by atoms with Crippen LogP contribution >= 0.6 is 0 Å². The second-order valence-electron chi connectivity index (χ2n) is 13.0. The van der Waals surface area contributed by atoms with E-state index in [-0.39, 0.29) is 36.3 Å². The minimum atomic E-state index is -5.89. The Balaban J connectivity index is 2.65. The first-order chi connectivity index (χ1) is 19.8. The van der Waals surface area contributed by atoms with Gasteiger partial charge in [0.05, 0.1) is 0 Å². The number of alkyl halides is 3. The first-order valence-corrected chi connectivity index (χ1v) is 16.9. The molecule has 0 bridgehead atoms. The SMILES string of the molecule is CC[B-](CC)(OS(=O)(=O)C(F)(F)F)c1c[n+](-c2c(C(C)C)cccc2C(C)C)c(C)n1-c1c(C(C)C)cccc1C(C)C. The maximum Gasteiger partial charge on any atom is 0.519 e. The molecule has 0 aliphatic heterocycles. The topological polar surface area (TPSA) is 52.2 Å². The largest absolute Gasteiger partial charge is 0.519 e. The minimum Gasteiger partial charge on any atom is -0.471 e. The fourth-order valence-corrected chi connectivity index (χ4v) is 7.18. The third-order valence-electron chi connectivity index (χ3n) is 8.79. The van der Waals surface area contributed by atoms with Gasteiger partial charge in [0.1, 0.15) is 17.6 Å². The first kappa shape index (κ1) is 34.9. The number of para-hydroxylation sites is 2. The minimum absolute atomic E-state index is 0.0684. The molecule has 0 radical (unpaired) electrons. The van der Waals surface area contributed by atoms with E-state index in [4.69, 9.17) is 4.10 Å². The molecule has 3 rings (SSSR count). The van der Waals surface area contributed by atoms with Crippen LogP contribution in [0, 0.1) is 6.92 Å². The molecular formula is C33H48BF3N2O3S. The van der Waals surface area contributed by atoms with Crippen LogP contribution in [0.1, 0.15) is 121 Å². The summed E-state index contributed by atoms with van der Waals surface area (Å²) >= 11 is 0. The van der Waals surface area contributed by atoms with E-state index in [1.165, 1.54) is 0 Å². The van der Waals surface area contributed by atoms with E-state index in [0.717, 1.165) is 39.5 Å². The molecule has 10 heteroatoms.